The molecule has 31 heavy (non-hydrogen) atoms. The van der Waals surface area contributed by atoms with Crippen molar-refractivity contribution in [1.82, 2.24) is 9.62 Å². The number of aliphatic imine (C=N–C) groups is 1. The van der Waals surface area contributed by atoms with Crippen LogP contribution in [0.1, 0.15) is 11.1 Å². The molecule has 0 aromatic heterocycles. The Labute approximate surface area is 191 Å². The van der Waals surface area contributed by atoms with Gasteiger partial charge in [0.15, 0.2) is 10.9 Å². The molecular weight excluding hydrogens is 462 g/mol. The molecule has 2 N–H and O–H groups in total. The molecule has 1 aliphatic rings. The Hall–Kier alpha value is -1.98. The van der Waals surface area contributed by atoms with Crippen LogP contribution in [-0.2, 0) is 22.3 Å². The van der Waals surface area contributed by atoms with Crippen LogP contribution in [0.25, 0.3) is 0 Å². The summed E-state index contributed by atoms with van der Waals surface area (Å²) in [6.45, 7) is -0.0112. The van der Waals surface area contributed by atoms with E-state index in [9.17, 15) is 13.5 Å². The first-order chi connectivity index (χ1) is 14.7. The zero-order chi connectivity index (χ0) is 22.8. The molecule has 1 fully saturated rings. The van der Waals surface area contributed by atoms with Gasteiger partial charge in [-0.15, -0.1) is 0 Å². The number of ether oxygens (including phenoxy) is 2. The monoisotopic (exact) mass is 485 g/mol. The van der Waals surface area contributed by atoms with Gasteiger partial charge in [-0.2, -0.15) is 0 Å². The number of methoxy groups -OCH3 is 2. The summed E-state index contributed by atoms with van der Waals surface area (Å²) in [4.78, 5) is 5.64. The summed E-state index contributed by atoms with van der Waals surface area (Å²) in [6, 6.07) is 9.59. The quantitative estimate of drug-likeness (QED) is 0.621. The molecule has 1 heterocycles. The van der Waals surface area contributed by atoms with E-state index in [2.05, 4.69) is 9.71 Å². The van der Waals surface area contributed by atoms with E-state index in [4.69, 9.17) is 21.1 Å². The molecule has 0 radical (unpaired) electrons. The Morgan fingerprint density at radius 3 is 2.61 bits per heavy atom. The normalized spacial score (nSPS) is 20.3. The molecule has 1 atom stereocenters. The molecule has 1 unspecified atom stereocenters. The molecule has 0 spiro atoms. The van der Waals surface area contributed by atoms with Gasteiger partial charge < -0.3 is 19.5 Å². The minimum Gasteiger partial charge on any atom is -0.497 e. The zero-order valence-electron chi connectivity index (χ0n) is 17.5. The number of halogens is 1. The lowest BCUT2D eigenvalue weighted by Gasteiger charge is -2.31. The lowest BCUT2D eigenvalue weighted by atomic mass is 10.0. The van der Waals surface area contributed by atoms with Crippen molar-refractivity contribution in [3.63, 3.8) is 0 Å². The minimum atomic E-state index is -3.98. The van der Waals surface area contributed by atoms with Crippen molar-refractivity contribution in [2.24, 2.45) is 4.99 Å². The third-order valence-corrected chi connectivity index (χ3v) is 8.21. The van der Waals surface area contributed by atoms with E-state index >= 15 is 0 Å². The number of rotatable bonds is 7. The van der Waals surface area contributed by atoms with Crippen LogP contribution in [0, 0.1) is 0 Å². The fraction of sp³-hybridized carbons (Fsp3) is 0.350. The maximum absolute atomic E-state index is 13.0. The molecule has 168 valence electrons. The van der Waals surface area contributed by atoms with E-state index in [1.54, 1.807) is 43.3 Å². The van der Waals surface area contributed by atoms with Gasteiger partial charge in [0.05, 0.1) is 25.0 Å². The molecule has 1 aliphatic heterocycles. The summed E-state index contributed by atoms with van der Waals surface area (Å²) in [5.41, 5.74) is -0.352. The van der Waals surface area contributed by atoms with E-state index in [-0.39, 0.29) is 16.5 Å². The number of nitrogens with one attached hydrogen (secondary N) is 1. The number of benzene rings is 2. The number of sulfonamides is 1. The molecule has 8 nitrogen and oxygen atoms in total. The Morgan fingerprint density at radius 2 is 2.00 bits per heavy atom. The summed E-state index contributed by atoms with van der Waals surface area (Å²) in [6.07, 6.45) is 0. The largest absolute Gasteiger partial charge is 0.497 e. The van der Waals surface area contributed by atoms with E-state index in [0.29, 0.717) is 33.5 Å². The van der Waals surface area contributed by atoms with Crippen LogP contribution in [0.3, 0.4) is 0 Å². The lowest BCUT2D eigenvalue weighted by molar-refractivity contribution is -0.0349. The maximum Gasteiger partial charge on any atom is 0.242 e. The predicted molar refractivity (Wildman–Crippen MR) is 123 cm³/mol. The van der Waals surface area contributed by atoms with Crippen LogP contribution < -0.4 is 14.2 Å². The van der Waals surface area contributed by atoms with Gasteiger partial charge in [-0.1, -0.05) is 35.5 Å². The Morgan fingerprint density at radius 1 is 1.26 bits per heavy atom. The van der Waals surface area contributed by atoms with E-state index in [1.807, 2.05) is 0 Å². The van der Waals surface area contributed by atoms with Gasteiger partial charge in [0.2, 0.25) is 10.0 Å². The molecule has 0 aliphatic carbocycles. The number of amidine groups is 1. The van der Waals surface area contributed by atoms with Gasteiger partial charge in [0.25, 0.3) is 0 Å². The zero-order valence-corrected chi connectivity index (χ0v) is 19.9. The average Bonchev–Trinajstić information content (AvgIpc) is 3.07. The topological polar surface area (TPSA) is 100 Å². The van der Waals surface area contributed by atoms with Crippen molar-refractivity contribution in [2.75, 3.05) is 34.1 Å². The highest BCUT2D eigenvalue weighted by atomic mass is 35.5. The summed E-state index contributed by atoms with van der Waals surface area (Å²) in [7, 11) is 2.40. The number of nitrogens with zero attached hydrogens (tertiary/aromatic N) is 2. The van der Waals surface area contributed by atoms with Gasteiger partial charge in [0.1, 0.15) is 16.4 Å². The molecule has 0 amide bonds. The van der Waals surface area contributed by atoms with Crippen molar-refractivity contribution in [3.05, 3.63) is 52.5 Å². The van der Waals surface area contributed by atoms with Gasteiger partial charge in [-0.05, 0) is 18.2 Å². The van der Waals surface area contributed by atoms with Crippen LogP contribution >= 0.6 is 23.4 Å². The third kappa shape index (κ3) is 4.63. The smallest absolute Gasteiger partial charge is 0.242 e. The van der Waals surface area contributed by atoms with Gasteiger partial charge in [-0.25, -0.2) is 13.1 Å². The van der Waals surface area contributed by atoms with E-state index in [1.165, 1.54) is 38.1 Å². The molecule has 0 bridgehead atoms. The minimum absolute atomic E-state index is 0.0112. The molecule has 2 aromatic carbocycles. The number of thioether (sulfide) groups is 1. The third-order valence-electron chi connectivity index (χ3n) is 5.07. The van der Waals surface area contributed by atoms with Crippen LogP contribution in [-0.4, -0.2) is 57.7 Å². The number of hydrogen-bond donors (Lipinski definition) is 2. The highest BCUT2D eigenvalue weighted by molar-refractivity contribution is 8.14. The molecule has 1 saturated heterocycles. The molecule has 11 heteroatoms. The molecule has 3 rings (SSSR count). The lowest BCUT2D eigenvalue weighted by Crippen LogP contribution is -2.42. The second kappa shape index (κ2) is 9.25. The van der Waals surface area contributed by atoms with E-state index in [0.717, 1.165) is 0 Å². The van der Waals surface area contributed by atoms with Gasteiger partial charge in [0, 0.05) is 37.8 Å². The van der Waals surface area contributed by atoms with E-state index < -0.39 is 15.7 Å². The molecular formula is C20H24ClN3O5S2. The molecule has 0 saturated carbocycles. The van der Waals surface area contributed by atoms with Crippen molar-refractivity contribution >= 4 is 38.6 Å². The van der Waals surface area contributed by atoms with Gasteiger partial charge in [-0.3, -0.25) is 4.99 Å². The highest BCUT2D eigenvalue weighted by Crippen LogP contribution is 2.39. The number of aliphatic hydroxyl groups is 1. The van der Waals surface area contributed by atoms with Crippen molar-refractivity contribution < 1.29 is 23.0 Å². The van der Waals surface area contributed by atoms with Crippen molar-refractivity contribution in [1.29, 1.82) is 0 Å². The predicted octanol–water partition coefficient (Wildman–Crippen LogP) is 2.65. The Bertz CT molecular complexity index is 1110. The first kappa shape index (κ1) is 23.7. The van der Waals surface area contributed by atoms with Crippen LogP contribution in [0.15, 0.2) is 46.3 Å². The first-order valence-corrected chi connectivity index (χ1v) is 12.1. The molecule has 2 aromatic rings. The second-order valence-corrected chi connectivity index (χ2v) is 9.90. The number of hydrogen-bond acceptors (Lipinski definition) is 7. The van der Waals surface area contributed by atoms with Gasteiger partial charge >= 0.3 is 0 Å². The van der Waals surface area contributed by atoms with Crippen LogP contribution in [0.5, 0.6) is 11.5 Å². The summed E-state index contributed by atoms with van der Waals surface area (Å²) < 4.78 is 39.1. The average molecular weight is 486 g/mol. The maximum atomic E-state index is 13.0. The Balaban J connectivity index is 1.89. The first-order valence-electron chi connectivity index (χ1n) is 9.22. The second-order valence-electron chi connectivity index (χ2n) is 6.82. The SMILES string of the molecule is C/N=C1\SCC(O)(c2ccc(Cl)c(S(=O)(=O)NCc3ccc(OC)cc3OC)c2)N1C. The Kier molecular flexibility index (Phi) is 7.07. The fourth-order valence-corrected chi connectivity index (χ4v) is 5.91. The van der Waals surface area contributed by atoms with Crippen LogP contribution in [0.4, 0.5) is 0 Å². The standard InChI is InChI=1S/C20H24ClN3O5S2/c1-22-19-24(2)20(25,12-30-19)14-6-8-16(21)18(9-14)31(26,27)23-11-13-5-7-15(28-3)10-17(13)29-4/h5-10,23,25H,11-12H2,1-4H3/b22-19-. The summed E-state index contributed by atoms with van der Waals surface area (Å²) in [5.74, 6) is 1.40. The summed E-state index contributed by atoms with van der Waals surface area (Å²) in [5, 5.41) is 11.9. The van der Waals surface area contributed by atoms with Crippen molar-refractivity contribution in [3.8, 4) is 11.5 Å². The summed E-state index contributed by atoms with van der Waals surface area (Å²) >= 11 is 7.61. The van der Waals surface area contributed by atoms with Crippen LogP contribution in [0.2, 0.25) is 5.02 Å². The van der Waals surface area contributed by atoms with Crippen molar-refractivity contribution in [2.45, 2.75) is 17.2 Å². The fourth-order valence-electron chi connectivity index (χ4n) is 3.22. The highest BCUT2D eigenvalue weighted by Gasteiger charge is 2.43.